The minimum absolute atomic E-state index is 0.182. The van der Waals surface area contributed by atoms with E-state index in [0.29, 0.717) is 50.1 Å². The van der Waals surface area contributed by atoms with Gasteiger partial charge in [-0.25, -0.2) is 0 Å². The van der Waals surface area contributed by atoms with Gasteiger partial charge in [0.15, 0.2) is 17.5 Å². The number of hydrogen-bond acceptors (Lipinski definition) is 5. The second-order valence-corrected chi connectivity index (χ2v) is 4.83. The summed E-state index contributed by atoms with van der Waals surface area (Å²) >= 11 is 0. The van der Waals surface area contributed by atoms with E-state index in [-0.39, 0.29) is 5.97 Å². The van der Waals surface area contributed by atoms with Crippen LogP contribution in [0.15, 0.2) is 23.2 Å². The molecule has 0 saturated carbocycles. The Balaban J connectivity index is 2.52. The number of nitrogens with one attached hydrogen (secondary N) is 2. The van der Waals surface area contributed by atoms with Crippen LogP contribution < -0.4 is 20.1 Å². The second kappa shape index (κ2) is 11.2. The molecule has 7 heteroatoms. The lowest BCUT2D eigenvalue weighted by molar-refractivity contribution is -0.143. The second-order valence-electron chi connectivity index (χ2n) is 4.83. The van der Waals surface area contributed by atoms with Crippen LogP contribution in [-0.2, 0) is 9.53 Å². The highest BCUT2D eigenvalue weighted by molar-refractivity contribution is 5.93. The van der Waals surface area contributed by atoms with Gasteiger partial charge in [0.05, 0.1) is 20.3 Å². The highest BCUT2D eigenvalue weighted by atomic mass is 16.5. The van der Waals surface area contributed by atoms with Gasteiger partial charge in [-0.2, -0.15) is 0 Å². The van der Waals surface area contributed by atoms with Crippen LogP contribution in [0.5, 0.6) is 11.5 Å². The summed E-state index contributed by atoms with van der Waals surface area (Å²) in [6.45, 7) is 5.33. The maximum Gasteiger partial charge on any atom is 0.305 e. The van der Waals surface area contributed by atoms with Gasteiger partial charge in [-0.3, -0.25) is 9.79 Å². The van der Waals surface area contributed by atoms with Gasteiger partial charge in [-0.05, 0) is 32.4 Å². The van der Waals surface area contributed by atoms with Crippen LogP contribution in [0, 0.1) is 0 Å². The zero-order valence-electron chi connectivity index (χ0n) is 14.8. The molecule has 1 aromatic rings. The predicted octanol–water partition coefficient (Wildman–Crippen LogP) is 2.42. The highest BCUT2D eigenvalue weighted by Gasteiger charge is 2.07. The van der Waals surface area contributed by atoms with Crippen LogP contribution in [-0.4, -0.2) is 45.8 Å². The lowest BCUT2D eigenvalue weighted by Gasteiger charge is -2.14. The number of anilines is 1. The number of carbonyl (C=O) groups excluding carboxylic acids is 1. The molecule has 0 spiro atoms. The number of nitrogens with zero attached hydrogens (tertiary/aromatic N) is 1. The van der Waals surface area contributed by atoms with Crippen molar-refractivity contribution < 1.29 is 19.0 Å². The highest BCUT2D eigenvalue weighted by Crippen LogP contribution is 2.30. The number of ether oxygens (including phenoxy) is 3. The van der Waals surface area contributed by atoms with Crippen molar-refractivity contribution in [2.45, 2.75) is 26.7 Å². The summed E-state index contributed by atoms with van der Waals surface area (Å²) in [6, 6.07) is 5.58. The van der Waals surface area contributed by atoms with Gasteiger partial charge in [0.2, 0.25) is 0 Å². The average Bonchev–Trinajstić information content (AvgIpc) is 2.59. The zero-order chi connectivity index (χ0) is 17.8. The van der Waals surface area contributed by atoms with Crippen molar-refractivity contribution in [3.05, 3.63) is 18.2 Å². The Morgan fingerprint density at radius 2 is 2.00 bits per heavy atom. The molecule has 1 aromatic carbocycles. The first-order chi connectivity index (χ1) is 11.6. The molecule has 0 fully saturated rings. The number of carbonyl (C=O) groups is 1. The molecular weight excluding hydrogens is 310 g/mol. The molecule has 0 aliphatic carbocycles. The first-order valence-electron chi connectivity index (χ1n) is 8.08. The van der Waals surface area contributed by atoms with Crippen molar-refractivity contribution in [1.82, 2.24) is 5.32 Å². The Kier molecular flexibility index (Phi) is 9.11. The van der Waals surface area contributed by atoms with Gasteiger partial charge in [-0.15, -0.1) is 0 Å². The largest absolute Gasteiger partial charge is 0.493 e. The molecule has 0 unspecified atom stereocenters. The average molecular weight is 337 g/mol. The molecule has 0 bridgehead atoms. The van der Waals surface area contributed by atoms with Crippen molar-refractivity contribution >= 4 is 17.6 Å². The van der Waals surface area contributed by atoms with Crippen molar-refractivity contribution in [2.24, 2.45) is 4.99 Å². The van der Waals surface area contributed by atoms with Gasteiger partial charge >= 0.3 is 5.97 Å². The number of hydrogen-bond donors (Lipinski definition) is 2. The molecule has 1 rings (SSSR count). The fourth-order valence-electron chi connectivity index (χ4n) is 2.01. The van der Waals surface area contributed by atoms with Gasteiger partial charge in [0.25, 0.3) is 0 Å². The summed E-state index contributed by atoms with van der Waals surface area (Å²) in [4.78, 5) is 15.4. The maximum atomic E-state index is 11.3. The summed E-state index contributed by atoms with van der Waals surface area (Å²) in [5, 5.41) is 6.32. The molecule has 0 amide bonds. The van der Waals surface area contributed by atoms with E-state index in [9.17, 15) is 4.79 Å². The van der Waals surface area contributed by atoms with E-state index in [1.165, 1.54) is 0 Å². The molecule has 0 heterocycles. The van der Waals surface area contributed by atoms with E-state index >= 15 is 0 Å². The van der Waals surface area contributed by atoms with Gasteiger partial charge in [0.1, 0.15) is 0 Å². The van der Waals surface area contributed by atoms with E-state index in [1.807, 2.05) is 25.1 Å². The quantitative estimate of drug-likeness (QED) is 0.312. The third-order valence-corrected chi connectivity index (χ3v) is 3.11. The summed E-state index contributed by atoms with van der Waals surface area (Å²) in [6.07, 6.45) is 1.06. The zero-order valence-corrected chi connectivity index (χ0v) is 14.8. The normalized spacial score (nSPS) is 10.9. The first-order valence-corrected chi connectivity index (χ1v) is 8.08. The minimum Gasteiger partial charge on any atom is -0.493 e. The third kappa shape index (κ3) is 6.76. The molecular formula is C17H27N3O4. The molecule has 24 heavy (non-hydrogen) atoms. The van der Waals surface area contributed by atoms with E-state index in [1.54, 1.807) is 21.1 Å². The Labute approximate surface area is 143 Å². The van der Waals surface area contributed by atoms with E-state index < -0.39 is 0 Å². The lowest BCUT2D eigenvalue weighted by atomic mass is 10.2. The summed E-state index contributed by atoms with van der Waals surface area (Å²) < 4.78 is 15.7. The fraction of sp³-hybridized carbons (Fsp3) is 0.529. The number of methoxy groups -OCH3 is 1. The smallest absolute Gasteiger partial charge is 0.305 e. The molecule has 0 aliphatic heterocycles. The van der Waals surface area contributed by atoms with Crippen molar-refractivity contribution in [2.75, 3.05) is 39.2 Å². The van der Waals surface area contributed by atoms with Gasteiger partial charge < -0.3 is 24.8 Å². The van der Waals surface area contributed by atoms with Crippen LogP contribution in [0.25, 0.3) is 0 Å². The van der Waals surface area contributed by atoms with Crippen LogP contribution in [0.3, 0.4) is 0 Å². The molecule has 134 valence electrons. The molecule has 0 aromatic heterocycles. The van der Waals surface area contributed by atoms with Crippen LogP contribution >= 0.6 is 0 Å². The fourth-order valence-corrected chi connectivity index (χ4v) is 2.01. The summed E-state index contributed by atoms with van der Waals surface area (Å²) in [7, 11) is 3.29. The van der Waals surface area contributed by atoms with E-state index in [0.717, 1.165) is 5.69 Å². The number of rotatable bonds is 9. The standard InChI is InChI=1S/C17H27N3O4/c1-5-23-14-10-9-13(12-15(14)22-4)20-17(18-3)19-11-7-8-16(21)24-6-2/h9-10,12H,5-8,11H2,1-4H3,(H2,18,19,20). The van der Waals surface area contributed by atoms with Crippen LogP contribution in [0.1, 0.15) is 26.7 Å². The Morgan fingerprint density at radius 1 is 1.21 bits per heavy atom. The van der Waals surface area contributed by atoms with Crippen molar-refractivity contribution in [3.8, 4) is 11.5 Å². The first kappa shape index (κ1) is 19.6. The number of aliphatic imine (C=N–C) groups is 1. The molecule has 0 saturated heterocycles. The summed E-state index contributed by atoms with van der Waals surface area (Å²) in [5.41, 5.74) is 0.828. The third-order valence-electron chi connectivity index (χ3n) is 3.11. The van der Waals surface area contributed by atoms with Gasteiger partial charge in [-0.1, -0.05) is 0 Å². The van der Waals surface area contributed by atoms with Crippen LogP contribution in [0.4, 0.5) is 5.69 Å². The molecule has 2 N–H and O–H groups in total. The predicted molar refractivity (Wildman–Crippen MR) is 95.0 cm³/mol. The van der Waals surface area contributed by atoms with Crippen LogP contribution in [0.2, 0.25) is 0 Å². The topological polar surface area (TPSA) is 81.2 Å². The Hall–Kier alpha value is -2.44. The molecule has 7 nitrogen and oxygen atoms in total. The van der Waals surface area contributed by atoms with E-state index in [2.05, 4.69) is 15.6 Å². The Bertz CT molecular complexity index is 547. The maximum absolute atomic E-state index is 11.3. The lowest BCUT2D eigenvalue weighted by Crippen LogP contribution is -2.31. The number of benzene rings is 1. The minimum atomic E-state index is -0.182. The van der Waals surface area contributed by atoms with Crippen molar-refractivity contribution in [3.63, 3.8) is 0 Å². The molecule has 0 aliphatic rings. The number of esters is 1. The SMILES string of the molecule is CCOC(=O)CCCNC(=NC)Nc1ccc(OCC)c(OC)c1. The Morgan fingerprint density at radius 3 is 2.62 bits per heavy atom. The van der Waals surface area contributed by atoms with Crippen molar-refractivity contribution in [1.29, 1.82) is 0 Å². The van der Waals surface area contributed by atoms with Gasteiger partial charge in [0, 0.05) is 31.8 Å². The monoisotopic (exact) mass is 337 g/mol. The van der Waals surface area contributed by atoms with E-state index in [4.69, 9.17) is 14.2 Å². The molecule has 0 radical (unpaired) electrons. The molecule has 0 atom stereocenters. The summed E-state index contributed by atoms with van der Waals surface area (Å²) in [5.74, 6) is 1.78. The number of guanidine groups is 1.